The largest absolute Gasteiger partial charge is 0.488 e. The zero-order valence-corrected chi connectivity index (χ0v) is 15.9. The molecule has 0 saturated heterocycles. The number of benzene rings is 2. The second kappa shape index (κ2) is 7.51. The van der Waals surface area contributed by atoms with Crippen LogP contribution in [0.15, 0.2) is 42.5 Å². The zero-order valence-electron chi connectivity index (χ0n) is 15.1. The Balaban J connectivity index is 1.72. The van der Waals surface area contributed by atoms with Crippen LogP contribution in [-0.4, -0.2) is 19.4 Å². The molecule has 0 heterocycles. The number of sulfone groups is 1. The Morgan fingerprint density at radius 2 is 2.00 bits per heavy atom. The van der Waals surface area contributed by atoms with E-state index in [1.54, 1.807) is 26.0 Å². The Bertz CT molecular complexity index is 942. The molecule has 1 unspecified atom stereocenters. The lowest BCUT2D eigenvalue weighted by Gasteiger charge is -2.15. The summed E-state index contributed by atoms with van der Waals surface area (Å²) in [5.41, 5.74) is 3.91. The van der Waals surface area contributed by atoms with Crippen LogP contribution in [0, 0.1) is 11.3 Å². The van der Waals surface area contributed by atoms with Gasteiger partial charge in [-0.2, -0.15) is 5.26 Å². The molecule has 1 aliphatic rings. The quantitative estimate of drug-likeness (QED) is 0.772. The smallest absolute Gasteiger partial charge is 0.153 e. The van der Waals surface area contributed by atoms with Crippen LogP contribution in [0.5, 0.6) is 5.75 Å². The number of para-hydroxylation sites is 1. The van der Waals surface area contributed by atoms with Crippen LogP contribution >= 0.6 is 0 Å². The molecule has 0 spiro atoms. The van der Waals surface area contributed by atoms with E-state index >= 15 is 0 Å². The SMILES string of the molecule is CC(C)S(=O)(=O)CC1CCc2cc(COc3ccccc3C#N)ccc21. The molecule has 26 heavy (non-hydrogen) atoms. The minimum absolute atomic E-state index is 0.0895. The number of hydrogen-bond acceptors (Lipinski definition) is 4. The van der Waals surface area contributed by atoms with E-state index in [1.807, 2.05) is 24.3 Å². The van der Waals surface area contributed by atoms with E-state index < -0.39 is 9.84 Å². The molecule has 0 aromatic heterocycles. The number of nitriles is 1. The zero-order chi connectivity index (χ0) is 18.7. The van der Waals surface area contributed by atoms with Gasteiger partial charge in [0.05, 0.1) is 16.6 Å². The van der Waals surface area contributed by atoms with Crippen molar-refractivity contribution in [1.82, 2.24) is 0 Å². The summed E-state index contributed by atoms with van der Waals surface area (Å²) in [5, 5.41) is 8.79. The first-order valence-corrected chi connectivity index (χ1v) is 10.6. The standard InChI is InChI=1S/C21H23NO3S/c1-15(2)26(23,24)14-19-9-8-17-11-16(7-10-20(17)19)13-25-21-6-4-3-5-18(21)12-22/h3-7,10-11,15,19H,8-9,13-14H2,1-2H3. The third kappa shape index (κ3) is 3.91. The third-order valence-corrected chi connectivity index (χ3v) is 7.27. The van der Waals surface area contributed by atoms with Gasteiger partial charge < -0.3 is 4.74 Å². The minimum atomic E-state index is -3.04. The number of ether oxygens (including phenoxy) is 1. The first kappa shape index (κ1) is 18.5. The average molecular weight is 369 g/mol. The highest BCUT2D eigenvalue weighted by Crippen LogP contribution is 2.35. The summed E-state index contributed by atoms with van der Waals surface area (Å²) in [6, 6.07) is 15.4. The Morgan fingerprint density at radius 1 is 1.23 bits per heavy atom. The molecule has 0 radical (unpaired) electrons. The molecule has 1 atom stereocenters. The van der Waals surface area contributed by atoms with Crippen molar-refractivity contribution in [3.05, 3.63) is 64.7 Å². The fourth-order valence-electron chi connectivity index (χ4n) is 3.34. The fraction of sp³-hybridized carbons (Fsp3) is 0.381. The Morgan fingerprint density at radius 3 is 2.73 bits per heavy atom. The number of rotatable bonds is 6. The van der Waals surface area contributed by atoms with E-state index in [4.69, 9.17) is 10.00 Å². The summed E-state index contributed by atoms with van der Waals surface area (Å²) in [5.74, 6) is 0.895. The molecule has 0 N–H and O–H groups in total. The van der Waals surface area contributed by atoms with Gasteiger partial charge in [0, 0.05) is 0 Å². The predicted molar refractivity (Wildman–Crippen MR) is 102 cm³/mol. The van der Waals surface area contributed by atoms with Gasteiger partial charge in [0.25, 0.3) is 0 Å². The van der Waals surface area contributed by atoms with Gasteiger partial charge in [-0.05, 0) is 61.4 Å². The molecule has 0 saturated carbocycles. The fourth-order valence-corrected chi connectivity index (χ4v) is 4.63. The van der Waals surface area contributed by atoms with Crippen LogP contribution in [0.4, 0.5) is 0 Å². The Kier molecular flexibility index (Phi) is 5.33. The van der Waals surface area contributed by atoms with Crippen molar-refractivity contribution in [1.29, 1.82) is 5.26 Å². The van der Waals surface area contributed by atoms with Crippen LogP contribution in [0.1, 0.15) is 48.4 Å². The Labute approximate surface area is 155 Å². The molecule has 0 aliphatic heterocycles. The van der Waals surface area contributed by atoms with Crippen LogP contribution in [-0.2, 0) is 22.9 Å². The van der Waals surface area contributed by atoms with E-state index in [-0.39, 0.29) is 16.9 Å². The molecule has 0 fully saturated rings. The normalized spacial score (nSPS) is 16.3. The first-order valence-electron chi connectivity index (χ1n) is 8.86. The molecule has 136 valence electrons. The summed E-state index contributed by atoms with van der Waals surface area (Å²) in [6.45, 7) is 3.87. The van der Waals surface area contributed by atoms with Crippen LogP contribution in [0.2, 0.25) is 0 Å². The summed E-state index contributed by atoms with van der Waals surface area (Å²) < 4.78 is 30.3. The monoisotopic (exact) mass is 369 g/mol. The highest BCUT2D eigenvalue weighted by Gasteiger charge is 2.29. The number of fused-ring (bicyclic) bond motifs is 1. The number of hydrogen-bond donors (Lipinski definition) is 0. The Hall–Kier alpha value is -2.32. The number of nitrogens with zero attached hydrogens (tertiary/aromatic N) is 1. The first-order chi connectivity index (χ1) is 12.4. The van der Waals surface area contributed by atoms with Gasteiger partial charge in [0.1, 0.15) is 18.4 Å². The van der Waals surface area contributed by atoms with Crippen molar-refractivity contribution in [3.8, 4) is 11.8 Å². The highest BCUT2D eigenvalue weighted by atomic mass is 32.2. The van der Waals surface area contributed by atoms with Gasteiger partial charge in [-0.1, -0.05) is 30.3 Å². The summed E-state index contributed by atoms with van der Waals surface area (Å²) in [4.78, 5) is 0. The van der Waals surface area contributed by atoms with Gasteiger partial charge >= 0.3 is 0 Å². The maximum atomic E-state index is 12.2. The van der Waals surface area contributed by atoms with E-state index in [0.29, 0.717) is 17.9 Å². The van der Waals surface area contributed by atoms with Crippen molar-refractivity contribution >= 4 is 9.84 Å². The predicted octanol–water partition coefficient (Wildman–Crippen LogP) is 3.99. The van der Waals surface area contributed by atoms with Crippen molar-refractivity contribution in [2.75, 3.05) is 5.75 Å². The molecular weight excluding hydrogens is 346 g/mol. The molecule has 1 aliphatic carbocycles. The van der Waals surface area contributed by atoms with Gasteiger partial charge in [-0.3, -0.25) is 0 Å². The second-order valence-corrected chi connectivity index (χ2v) is 9.65. The minimum Gasteiger partial charge on any atom is -0.488 e. The molecular formula is C21H23NO3S. The lowest BCUT2D eigenvalue weighted by molar-refractivity contribution is 0.305. The van der Waals surface area contributed by atoms with Crippen molar-refractivity contribution in [2.45, 2.75) is 44.5 Å². The summed E-state index contributed by atoms with van der Waals surface area (Å²) in [6.07, 6.45) is 1.78. The van der Waals surface area contributed by atoms with Gasteiger partial charge in [0.2, 0.25) is 0 Å². The van der Waals surface area contributed by atoms with Crippen molar-refractivity contribution in [3.63, 3.8) is 0 Å². The van der Waals surface area contributed by atoms with Gasteiger partial charge in [0.15, 0.2) is 9.84 Å². The molecule has 2 aromatic rings. The topological polar surface area (TPSA) is 67.2 Å². The van der Waals surface area contributed by atoms with Crippen molar-refractivity contribution < 1.29 is 13.2 Å². The molecule has 3 rings (SSSR count). The van der Waals surface area contributed by atoms with Gasteiger partial charge in [-0.25, -0.2) is 8.42 Å². The van der Waals surface area contributed by atoms with Crippen molar-refractivity contribution in [2.24, 2.45) is 0 Å². The molecule has 2 aromatic carbocycles. The van der Waals surface area contributed by atoms with E-state index in [9.17, 15) is 8.42 Å². The van der Waals surface area contributed by atoms with E-state index in [2.05, 4.69) is 12.1 Å². The lowest BCUT2D eigenvalue weighted by atomic mass is 10.0. The lowest BCUT2D eigenvalue weighted by Crippen LogP contribution is -2.21. The van der Waals surface area contributed by atoms with E-state index in [0.717, 1.165) is 24.0 Å². The molecule has 5 heteroatoms. The maximum Gasteiger partial charge on any atom is 0.153 e. The van der Waals surface area contributed by atoms with Crippen LogP contribution in [0.3, 0.4) is 0 Å². The van der Waals surface area contributed by atoms with Crippen LogP contribution < -0.4 is 4.74 Å². The van der Waals surface area contributed by atoms with Crippen LogP contribution in [0.25, 0.3) is 0 Å². The molecule has 0 amide bonds. The average Bonchev–Trinajstić information content (AvgIpc) is 3.01. The van der Waals surface area contributed by atoms with Gasteiger partial charge in [-0.15, -0.1) is 0 Å². The molecule has 4 nitrogen and oxygen atoms in total. The summed E-state index contributed by atoms with van der Waals surface area (Å²) in [7, 11) is -3.04. The third-order valence-electron chi connectivity index (χ3n) is 4.96. The maximum absolute atomic E-state index is 12.2. The van der Waals surface area contributed by atoms with E-state index in [1.165, 1.54) is 5.56 Å². The number of aryl methyl sites for hydroxylation is 1. The molecule has 0 bridgehead atoms. The second-order valence-electron chi connectivity index (χ2n) is 7.04. The summed E-state index contributed by atoms with van der Waals surface area (Å²) >= 11 is 0. The highest BCUT2D eigenvalue weighted by molar-refractivity contribution is 7.92.